The van der Waals surface area contributed by atoms with Crippen LogP contribution >= 0.6 is 0 Å². The van der Waals surface area contributed by atoms with Crippen LogP contribution in [0.25, 0.3) is 0 Å². The molecule has 0 unspecified atom stereocenters. The van der Waals surface area contributed by atoms with Crippen molar-refractivity contribution >= 4 is 20.1 Å². The second-order valence-corrected chi connectivity index (χ2v) is 9.47. The van der Waals surface area contributed by atoms with Gasteiger partial charge in [0.15, 0.2) is 0 Å². The summed E-state index contributed by atoms with van der Waals surface area (Å²) in [5, 5.41) is 0. The van der Waals surface area contributed by atoms with Gasteiger partial charge in [0.2, 0.25) is 10.0 Å². The molecule has 0 heterocycles. The van der Waals surface area contributed by atoms with Crippen LogP contribution in [0, 0.1) is 0 Å². The first kappa shape index (κ1) is 24.7. The Morgan fingerprint density at radius 1 is 0.700 bits per heavy atom. The van der Waals surface area contributed by atoms with Crippen LogP contribution in [0.1, 0.15) is 23.2 Å². The van der Waals surface area contributed by atoms with Gasteiger partial charge in [-0.1, -0.05) is 60.7 Å². The number of hydrogen-bond donors (Lipinski definition) is 2. The van der Waals surface area contributed by atoms with Crippen molar-refractivity contribution in [3.8, 4) is 0 Å². The van der Waals surface area contributed by atoms with Gasteiger partial charge in [0.1, 0.15) is 10.1 Å². The average Bonchev–Trinajstić information content (AvgIpc) is 2.72. The summed E-state index contributed by atoms with van der Waals surface area (Å²) in [6.45, 7) is 0. The van der Waals surface area contributed by atoms with Gasteiger partial charge in [0.25, 0.3) is 0 Å². The van der Waals surface area contributed by atoms with E-state index in [1.165, 1.54) is 0 Å². The van der Waals surface area contributed by atoms with E-state index in [0.717, 1.165) is 29.8 Å². The van der Waals surface area contributed by atoms with E-state index in [1.54, 1.807) is 24.3 Å². The molecule has 3 aromatic carbocycles. The molecule has 3 aromatic rings. The van der Waals surface area contributed by atoms with E-state index in [-0.39, 0.29) is 34.5 Å². The van der Waals surface area contributed by atoms with Crippen LogP contribution in [0.5, 0.6) is 0 Å². The van der Waals surface area contributed by atoms with Crippen LogP contribution < -0.4 is 40.0 Å². The van der Waals surface area contributed by atoms with Gasteiger partial charge in [0.05, 0.1) is 21.9 Å². The molecule has 3 N–H and O–H groups in total. The van der Waals surface area contributed by atoms with Gasteiger partial charge in [-0.25, -0.2) is 21.6 Å². The van der Waals surface area contributed by atoms with Gasteiger partial charge in [-0.05, 0) is 35.4 Å². The van der Waals surface area contributed by atoms with Crippen LogP contribution in [0.4, 0.5) is 0 Å². The molecule has 0 amide bonds. The van der Waals surface area contributed by atoms with Crippen molar-refractivity contribution in [3.05, 3.63) is 96.1 Å². The molecular weight excluding hydrogens is 435 g/mol. The van der Waals surface area contributed by atoms with Crippen molar-refractivity contribution in [1.29, 1.82) is 0 Å². The molecule has 0 aliphatic rings. The fraction of sp³-hybridized carbons (Fsp3) is 0.100. The van der Waals surface area contributed by atoms with Crippen LogP contribution in [-0.2, 0) is 20.1 Å². The van der Waals surface area contributed by atoms with E-state index < -0.39 is 37.1 Å². The molecule has 152 valence electrons. The summed E-state index contributed by atoms with van der Waals surface area (Å²) in [7, 11) is -8.72. The third kappa shape index (κ3) is 5.99. The van der Waals surface area contributed by atoms with Gasteiger partial charge in [-0.3, -0.25) is 0 Å². The minimum absolute atomic E-state index is 0. The Labute approximate surface area is 198 Å². The first-order valence-corrected chi connectivity index (χ1v) is 11.5. The predicted octanol–water partition coefficient (Wildman–Crippen LogP) is -0.686. The Bertz CT molecular complexity index is 1170. The van der Waals surface area contributed by atoms with E-state index in [9.17, 15) is 21.4 Å². The van der Waals surface area contributed by atoms with Crippen molar-refractivity contribution in [3.63, 3.8) is 0 Å². The largest absolute Gasteiger partial charge is 1.00 e. The minimum Gasteiger partial charge on any atom is -0.744 e. The van der Waals surface area contributed by atoms with Crippen molar-refractivity contribution in [2.45, 2.75) is 21.9 Å². The molecule has 3 rings (SSSR count). The molecule has 2 atom stereocenters. The molecule has 0 saturated carbocycles. The molecule has 0 fully saturated rings. The minimum atomic E-state index is -4.67. The number of nitrogens with one attached hydrogen (secondary N) is 1. The van der Waals surface area contributed by atoms with Gasteiger partial charge in [0, 0.05) is 0 Å². The predicted molar refractivity (Wildman–Crippen MR) is 107 cm³/mol. The third-order valence-corrected chi connectivity index (χ3v) is 6.71. The quantitative estimate of drug-likeness (QED) is 0.359. The number of rotatable bonds is 7. The van der Waals surface area contributed by atoms with Crippen LogP contribution in [0.3, 0.4) is 0 Å². The SMILES string of the molecule is N[C@H](c1ccccc1)[C@H](NS(=O)(=O)c1ccc(S(=O)(=O)[O-])cc1)c1ccccc1.[Na+]. The molecule has 0 spiro atoms. The Morgan fingerprint density at radius 2 is 1.13 bits per heavy atom. The number of hydrogen-bond acceptors (Lipinski definition) is 6. The normalized spacial score (nSPS) is 13.8. The van der Waals surface area contributed by atoms with Crippen molar-refractivity contribution in [2.75, 3.05) is 0 Å². The summed E-state index contributed by atoms with van der Waals surface area (Å²) >= 11 is 0. The van der Waals surface area contributed by atoms with Gasteiger partial charge in [-0.15, -0.1) is 0 Å². The van der Waals surface area contributed by atoms with Crippen molar-refractivity contribution in [2.24, 2.45) is 5.73 Å². The maximum absolute atomic E-state index is 12.9. The van der Waals surface area contributed by atoms with Crippen LogP contribution in [0.2, 0.25) is 0 Å². The van der Waals surface area contributed by atoms with Crippen LogP contribution in [0.15, 0.2) is 94.7 Å². The molecule has 0 saturated heterocycles. The molecular formula is C20H19N2NaO5S2. The Hall–Kier alpha value is -1.56. The summed E-state index contributed by atoms with van der Waals surface area (Å²) in [5.74, 6) is 0. The van der Waals surface area contributed by atoms with Gasteiger partial charge >= 0.3 is 29.6 Å². The zero-order valence-corrected chi connectivity index (χ0v) is 19.8. The second kappa shape index (κ2) is 10.2. The maximum atomic E-state index is 12.9. The van der Waals surface area contributed by atoms with E-state index in [4.69, 9.17) is 5.73 Å². The first-order valence-electron chi connectivity index (χ1n) is 8.62. The Balaban J connectivity index is 0.00000320. The molecule has 0 aliphatic carbocycles. The average molecular weight is 455 g/mol. The van der Waals surface area contributed by atoms with E-state index >= 15 is 0 Å². The number of sulfonamides is 1. The van der Waals surface area contributed by atoms with Crippen molar-refractivity contribution in [1.82, 2.24) is 4.72 Å². The molecule has 0 bridgehead atoms. The summed E-state index contributed by atoms with van der Waals surface area (Å²) in [6, 6.07) is 20.6. The monoisotopic (exact) mass is 454 g/mol. The number of nitrogens with two attached hydrogens (primary N) is 1. The smallest absolute Gasteiger partial charge is 0.744 e. The van der Waals surface area contributed by atoms with Crippen molar-refractivity contribution < 1.29 is 50.9 Å². The van der Waals surface area contributed by atoms with E-state index in [0.29, 0.717) is 5.56 Å². The Morgan fingerprint density at radius 3 is 1.60 bits per heavy atom. The third-order valence-electron chi connectivity index (χ3n) is 4.41. The summed E-state index contributed by atoms with van der Waals surface area (Å²) in [6.07, 6.45) is 0. The maximum Gasteiger partial charge on any atom is 1.00 e. The fourth-order valence-corrected chi connectivity index (χ4v) is 4.61. The van der Waals surface area contributed by atoms with Gasteiger partial charge in [-0.2, -0.15) is 0 Å². The zero-order valence-electron chi connectivity index (χ0n) is 16.2. The zero-order chi connectivity index (χ0) is 21.1. The molecule has 10 heteroatoms. The van der Waals surface area contributed by atoms with Crippen LogP contribution in [-0.4, -0.2) is 21.4 Å². The van der Waals surface area contributed by atoms with Gasteiger partial charge < -0.3 is 10.3 Å². The molecule has 0 aromatic heterocycles. The van der Waals surface area contributed by atoms with E-state index in [2.05, 4.69) is 4.72 Å². The molecule has 0 aliphatic heterocycles. The van der Waals surface area contributed by atoms with E-state index in [1.807, 2.05) is 36.4 Å². The molecule has 30 heavy (non-hydrogen) atoms. The topological polar surface area (TPSA) is 129 Å². The summed E-state index contributed by atoms with van der Waals surface area (Å²) in [5.41, 5.74) is 7.81. The summed E-state index contributed by atoms with van der Waals surface area (Å²) in [4.78, 5) is -0.678. The first-order chi connectivity index (χ1) is 13.7. The standard InChI is InChI=1S/C20H20N2O5S2.Na/c21-19(15-7-3-1-4-8-15)20(16-9-5-2-6-10-16)22-28(23,24)17-11-13-18(14-12-17)29(25,26)27;/h1-14,19-20,22H,21H2,(H,25,26,27);/q;+1/p-1/t19-,20-;/m1./s1. The Kier molecular flexibility index (Phi) is 8.37. The second-order valence-electron chi connectivity index (χ2n) is 6.37. The summed E-state index contributed by atoms with van der Waals surface area (Å²) < 4.78 is 61.6. The fourth-order valence-electron chi connectivity index (χ4n) is 2.90. The number of benzene rings is 3. The molecule has 7 nitrogen and oxygen atoms in total. The molecule has 0 radical (unpaired) electrons.